The number of aromatic hydroxyl groups is 1. The van der Waals surface area contributed by atoms with E-state index in [-0.39, 0.29) is 11.3 Å². The van der Waals surface area contributed by atoms with Gasteiger partial charge in [-0.05, 0) is 31.0 Å². The molecule has 0 amide bonds. The van der Waals surface area contributed by atoms with Crippen LogP contribution in [0.4, 0.5) is 5.69 Å². The molecule has 2 aromatic heterocycles. The molecule has 1 aromatic carbocycles. The van der Waals surface area contributed by atoms with E-state index in [9.17, 15) is 24.3 Å². The van der Waals surface area contributed by atoms with Crippen LogP contribution in [0.5, 0.6) is 5.88 Å². The molecule has 138 valence electrons. The molecule has 3 rings (SSSR count). The van der Waals surface area contributed by atoms with Crippen LogP contribution in [0.2, 0.25) is 0 Å². The lowest BCUT2D eigenvalue weighted by atomic mass is 10.1. The fourth-order valence-electron chi connectivity index (χ4n) is 2.47. The zero-order chi connectivity index (χ0) is 19.7. The van der Waals surface area contributed by atoms with Crippen molar-refractivity contribution in [3.05, 3.63) is 82.8 Å². The molecular formula is C17H15N5O5. The van der Waals surface area contributed by atoms with Gasteiger partial charge in [0, 0.05) is 12.4 Å². The minimum Gasteiger partial charge on any atom is -0.493 e. The van der Waals surface area contributed by atoms with E-state index in [1.165, 1.54) is 0 Å². The second-order valence-electron chi connectivity index (χ2n) is 5.84. The van der Waals surface area contributed by atoms with Crippen LogP contribution in [0, 0.1) is 13.8 Å². The minimum atomic E-state index is -0.872. The third kappa shape index (κ3) is 3.40. The first-order chi connectivity index (χ1) is 12.8. The monoisotopic (exact) mass is 369 g/mol. The van der Waals surface area contributed by atoms with Gasteiger partial charge >= 0.3 is 11.4 Å². The maximum Gasteiger partial charge on any atom is 0.335 e. The number of nitrogens with zero attached hydrogens (tertiary/aromatic N) is 2. The van der Waals surface area contributed by atoms with E-state index in [2.05, 4.69) is 15.0 Å². The number of hydrogen-bond donors (Lipinski definition) is 4. The summed E-state index contributed by atoms with van der Waals surface area (Å²) in [6.45, 7) is 3.57. The van der Waals surface area contributed by atoms with E-state index in [1.807, 2.05) is 18.0 Å². The Balaban J connectivity index is 2.21. The van der Waals surface area contributed by atoms with Crippen LogP contribution in [-0.2, 0) is 0 Å². The Morgan fingerprint density at radius 2 is 1.81 bits per heavy atom. The summed E-state index contributed by atoms with van der Waals surface area (Å²) in [6.07, 6.45) is 2.00. The molecule has 0 unspecified atom stereocenters. The van der Waals surface area contributed by atoms with Crippen molar-refractivity contribution in [2.45, 2.75) is 13.8 Å². The van der Waals surface area contributed by atoms with Gasteiger partial charge in [0.05, 0.1) is 5.69 Å². The maximum atomic E-state index is 12.3. The molecule has 2 heterocycles. The number of hydrogen-bond acceptors (Lipinski definition) is 6. The van der Waals surface area contributed by atoms with Gasteiger partial charge in [0.2, 0.25) is 5.88 Å². The van der Waals surface area contributed by atoms with Gasteiger partial charge in [-0.2, -0.15) is 0 Å². The first-order valence-electron chi connectivity index (χ1n) is 7.80. The molecule has 4 N–H and O–H groups in total. The lowest BCUT2D eigenvalue weighted by Crippen LogP contribution is -2.31. The van der Waals surface area contributed by atoms with Crippen molar-refractivity contribution in [2.75, 3.05) is 0 Å². The summed E-state index contributed by atoms with van der Waals surface area (Å²) >= 11 is 0. The van der Waals surface area contributed by atoms with E-state index in [0.717, 1.165) is 22.5 Å². The molecule has 10 heteroatoms. The molecule has 0 radical (unpaired) electrons. The standard InChI is InChI=1S/C17H15N5O5/c1-8-3-4-9(2)12(5-8)22-15(25)10(13(23)21-17(22)27)6-18-11-7-19-16(26)20-14(11)24/h3-7,25H,1-2H3,(H,21,23,27)(H2,19,20,24,26). The lowest BCUT2D eigenvalue weighted by Gasteiger charge is -2.12. The van der Waals surface area contributed by atoms with Gasteiger partial charge in [-0.3, -0.25) is 19.6 Å². The molecule has 27 heavy (non-hydrogen) atoms. The fourth-order valence-corrected chi connectivity index (χ4v) is 2.47. The Labute approximate surface area is 150 Å². The number of aliphatic imine (C=N–C) groups is 1. The zero-order valence-electron chi connectivity index (χ0n) is 14.4. The highest BCUT2D eigenvalue weighted by molar-refractivity contribution is 5.84. The predicted molar refractivity (Wildman–Crippen MR) is 98.7 cm³/mol. The molecule has 0 aliphatic carbocycles. The molecule has 0 atom stereocenters. The molecule has 0 aliphatic rings. The number of aromatic nitrogens is 4. The van der Waals surface area contributed by atoms with Crippen molar-refractivity contribution in [1.29, 1.82) is 0 Å². The van der Waals surface area contributed by atoms with Crippen molar-refractivity contribution in [3.63, 3.8) is 0 Å². The Bertz CT molecular complexity index is 1290. The van der Waals surface area contributed by atoms with Gasteiger partial charge in [0.25, 0.3) is 11.1 Å². The van der Waals surface area contributed by atoms with Gasteiger partial charge < -0.3 is 10.1 Å². The number of H-pyrrole nitrogens is 3. The van der Waals surface area contributed by atoms with Gasteiger partial charge in [0.1, 0.15) is 11.3 Å². The third-order valence-electron chi connectivity index (χ3n) is 3.86. The van der Waals surface area contributed by atoms with Gasteiger partial charge in [-0.15, -0.1) is 0 Å². The van der Waals surface area contributed by atoms with Crippen LogP contribution in [0.15, 0.2) is 48.6 Å². The van der Waals surface area contributed by atoms with Crippen LogP contribution in [-0.4, -0.2) is 30.8 Å². The highest BCUT2D eigenvalue weighted by Gasteiger charge is 2.16. The summed E-state index contributed by atoms with van der Waals surface area (Å²) in [6, 6.07) is 5.30. The Hall–Kier alpha value is -3.95. The molecule has 0 saturated heterocycles. The molecule has 0 aliphatic heterocycles. The van der Waals surface area contributed by atoms with Crippen molar-refractivity contribution in [2.24, 2.45) is 4.99 Å². The summed E-state index contributed by atoms with van der Waals surface area (Å²) in [5.74, 6) is -0.623. The third-order valence-corrected chi connectivity index (χ3v) is 3.86. The van der Waals surface area contributed by atoms with E-state index < -0.39 is 28.4 Å². The summed E-state index contributed by atoms with van der Waals surface area (Å²) in [5.41, 5.74) is -1.72. The number of aromatic amines is 3. The molecule has 3 aromatic rings. The number of rotatable bonds is 3. The first kappa shape index (κ1) is 17.9. The summed E-state index contributed by atoms with van der Waals surface area (Å²) in [7, 11) is 0. The quantitative estimate of drug-likeness (QED) is 0.478. The first-order valence-corrected chi connectivity index (χ1v) is 7.80. The number of aryl methyl sites for hydroxylation is 2. The van der Waals surface area contributed by atoms with Gasteiger partial charge in [0.15, 0.2) is 0 Å². The van der Waals surface area contributed by atoms with E-state index in [4.69, 9.17) is 0 Å². The average Bonchev–Trinajstić information content (AvgIpc) is 2.59. The molecule has 10 nitrogen and oxygen atoms in total. The smallest absolute Gasteiger partial charge is 0.335 e. The van der Waals surface area contributed by atoms with Crippen LogP contribution < -0.4 is 22.5 Å². The predicted octanol–water partition coefficient (Wildman–Crippen LogP) is -0.0246. The Morgan fingerprint density at radius 3 is 2.52 bits per heavy atom. The van der Waals surface area contributed by atoms with Crippen molar-refractivity contribution < 1.29 is 5.11 Å². The average molecular weight is 369 g/mol. The molecule has 0 spiro atoms. The van der Waals surface area contributed by atoms with Crippen LogP contribution in [0.3, 0.4) is 0 Å². The Morgan fingerprint density at radius 1 is 1.07 bits per heavy atom. The topological polar surface area (TPSA) is 153 Å². The molecule has 0 bridgehead atoms. The van der Waals surface area contributed by atoms with E-state index in [0.29, 0.717) is 11.3 Å². The van der Waals surface area contributed by atoms with Crippen molar-refractivity contribution in [3.8, 4) is 11.6 Å². The summed E-state index contributed by atoms with van der Waals surface area (Å²) in [4.78, 5) is 57.2. The van der Waals surface area contributed by atoms with Gasteiger partial charge in [-0.1, -0.05) is 12.1 Å². The highest BCUT2D eigenvalue weighted by Crippen LogP contribution is 2.20. The SMILES string of the molecule is Cc1ccc(C)c(-n2c(O)c(C=Nc3c[nH]c(=O)[nH]c3=O)c(=O)[nH]c2=O)c1. The van der Waals surface area contributed by atoms with Crippen molar-refractivity contribution in [1.82, 2.24) is 19.5 Å². The molecule has 0 saturated carbocycles. The Kier molecular flexibility index (Phi) is 4.46. The second kappa shape index (κ2) is 6.75. The summed E-state index contributed by atoms with van der Waals surface area (Å²) < 4.78 is 0.947. The van der Waals surface area contributed by atoms with E-state index >= 15 is 0 Å². The second-order valence-corrected chi connectivity index (χ2v) is 5.84. The normalized spacial score (nSPS) is 11.2. The number of benzene rings is 1. The van der Waals surface area contributed by atoms with Crippen LogP contribution >= 0.6 is 0 Å². The zero-order valence-corrected chi connectivity index (χ0v) is 14.4. The van der Waals surface area contributed by atoms with Crippen molar-refractivity contribution >= 4 is 11.9 Å². The maximum absolute atomic E-state index is 12.3. The van der Waals surface area contributed by atoms with E-state index in [1.54, 1.807) is 19.1 Å². The summed E-state index contributed by atoms with van der Waals surface area (Å²) in [5, 5.41) is 10.5. The fraction of sp³-hybridized carbons (Fsp3) is 0.118. The minimum absolute atomic E-state index is 0.183. The van der Waals surface area contributed by atoms with Crippen LogP contribution in [0.25, 0.3) is 5.69 Å². The highest BCUT2D eigenvalue weighted by atomic mass is 16.3. The lowest BCUT2D eigenvalue weighted by molar-refractivity contribution is 0.430. The molecule has 0 fully saturated rings. The van der Waals surface area contributed by atoms with Gasteiger partial charge in [-0.25, -0.2) is 19.1 Å². The number of nitrogens with one attached hydrogen (secondary N) is 3. The molecular weight excluding hydrogens is 354 g/mol. The largest absolute Gasteiger partial charge is 0.493 e. The van der Waals surface area contributed by atoms with Crippen LogP contribution in [0.1, 0.15) is 16.7 Å².